The van der Waals surface area contributed by atoms with Gasteiger partial charge in [0.15, 0.2) is 0 Å². The zero-order valence-corrected chi connectivity index (χ0v) is 9.63. The highest BCUT2D eigenvalue weighted by atomic mass is 16.2. The lowest BCUT2D eigenvalue weighted by Gasteiger charge is -2.10. The summed E-state index contributed by atoms with van der Waals surface area (Å²) in [6.07, 6.45) is 0. The fraction of sp³-hybridized carbons (Fsp3) is 0.143. The van der Waals surface area contributed by atoms with E-state index in [1.54, 1.807) is 0 Å². The molecule has 0 aliphatic carbocycles. The van der Waals surface area contributed by atoms with E-state index >= 15 is 0 Å². The number of imide groups is 1. The van der Waals surface area contributed by atoms with E-state index in [2.05, 4.69) is 5.32 Å². The van der Waals surface area contributed by atoms with Crippen LogP contribution in [0.2, 0.25) is 0 Å². The van der Waals surface area contributed by atoms with Gasteiger partial charge in [-0.3, -0.25) is 14.9 Å². The van der Waals surface area contributed by atoms with Crippen molar-refractivity contribution in [3.8, 4) is 0 Å². The SMILES string of the molecule is Cc1c2c(c(C)c3ccccc13)C(=O)NC2=O. The van der Waals surface area contributed by atoms with Crippen LogP contribution in [0.25, 0.3) is 10.8 Å². The summed E-state index contributed by atoms with van der Waals surface area (Å²) in [7, 11) is 0. The third-order valence-electron chi connectivity index (χ3n) is 3.42. The minimum Gasteiger partial charge on any atom is -0.288 e. The molecule has 0 saturated carbocycles. The van der Waals surface area contributed by atoms with Gasteiger partial charge in [-0.15, -0.1) is 0 Å². The third kappa shape index (κ3) is 1.16. The van der Waals surface area contributed by atoms with Gasteiger partial charge >= 0.3 is 0 Å². The maximum Gasteiger partial charge on any atom is 0.259 e. The molecule has 0 aromatic heterocycles. The van der Waals surface area contributed by atoms with Crippen molar-refractivity contribution in [3.63, 3.8) is 0 Å². The maximum absolute atomic E-state index is 11.8. The zero-order valence-electron chi connectivity index (χ0n) is 9.63. The van der Waals surface area contributed by atoms with Crippen molar-refractivity contribution in [1.29, 1.82) is 0 Å². The largest absolute Gasteiger partial charge is 0.288 e. The molecule has 3 heteroatoms. The second-order valence-corrected chi connectivity index (χ2v) is 4.33. The predicted molar refractivity (Wildman–Crippen MR) is 65.2 cm³/mol. The fourth-order valence-corrected chi connectivity index (χ4v) is 2.58. The molecule has 0 radical (unpaired) electrons. The molecule has 1 N–H and O–H groups in total. The van der Waals surface area contributed by atoms with Crippen LogP contribution in [0.1, 0.15) is 31.8 Å². The summed E-state index contributed by atoms with van der Waals surface area (Å²) in [4.78, 5) is 23.5. The highest BCUT2D eigenvalue weighted by Crippen LogP contribution is 2.32. The number of amides is 2. The van der Waals surface area contributed by atoms with Crippen LogP contribution in [-0.2, 0) is 0 Å². The first-order valence-electron chi connectivity index (χ1n) is 5.49. The van der Waals surface area contributed by atoms with Crippen LogP contribution in [0.15, 0.2) is 24.3 Å². The molecule has 1 heterocycles. The molecule has 0 unspecified atom stereocenters. The second-order valence-electron chi connectivity index (χ2n) is 4.33. The van der Waals surface area contributed by atoms with Crippen LogP contribution in [0, 0.1) is 13.8 Å². The van der Waals surface area contributed by atoms with Gasteiger partial charge in [0.1, 0.15) is 0 Å². The highest BCUT2D eigenvalue weighted by molar-refractivity contribution is 6.25. The van der Waals surface area contributed by atoms with Gasteiger partial charge in [-0.05, 0) is 35.7 Å². The van der Waals surface area contributed by atoms with Crippen molar-refractivity contribution in [2.45, 2.75) is 13.8 Å². The van der Waals surface area contributed by atoms with Gasteiger partial charge in [-0.2, -0.15) is 0 Å². The average molecular weight is 225 g/mol. The summed E-state index contributed by atoms with van der Waals surface area (Å²) < 4.78 is 0. The van der Waals surface area contributed by atoms with E-state index in [4.69, 9.17) is 0 Å². The van der Waals surface area contributed by atoms with Crippen LogP contribution in [0.5, 0.6) is 0 Å². The molecule has 1 aliphatic rings. The number of hydrogen-bond donors (Lipinski definition) is 1. The van der Waals surface area contributed by atoms with Gasteiger partial charge in [-0.1, -0.05) is 24.3 Å². The Labute approximate surface area is 98.4 Å². The molecule has 0 bridgehead atoms. The van der Waals surface area contributed by atoms with Gasteiger partial charge in [0.25, 0.3) is 11.8 Å². The van der Waals surface area contributed by atoms with Crippen LogP contribution in [0.4, 0.5) is 0 Å². The summed E-state index contributed by atoms with van der Waals surface area (Å²) >= 11 is 0. The molecule has 0 saturated heterocycles. The summed E-state index contributed by atoms with van der Waals surface area (Å²) in [5.41, 5.74) is 2.83. The molecule has 0 spiro atoms. The Morgan fingerprint density at radius 1 is 0.824 bits per heavy atom. The smallest absolute Gasteiger partial charge is 0.259 e. The summed E-state index contributed by atoms with van der Waals surface area (Å²) in [5, 5.41) is 4.43. The van der Waals surface area contributed by atoms with Crippen LogP contribution < -0.4 is 5.32 Å². The first-order valence-corrected chi connectivity index (χ1v) is 5.49. The molecule has 3 nitrogen and oxygen atoms in total. The van der Waals surface area contributed by atoms with E-state index in [1.807, 2.05) is 38.1 Å². The predicted octanol–water partition coefficient (Wildman–Crippen LogP) is 2.34. The zero-order chi connectivity index (χ0) is 12.2. The standard InChI is InChI=1S/C14H11NO2/c1-7-9-5-3-4-6-10(9)8(2)12-11(7)13(16)15-14(12)17/h3-6H,1-2H3,(H,15,16,17). The lowest BCUT2D eigenvalue weighted by atomic mass is 9.91. The Morgan fingerprint density at radius 3 is 1.65 bits per heavy atom. The quantitative estimate of drug-likeness (QED) is 0.699. The summed E-state index contributed by atoms with van der Waals surface area (Å²) in [6, 6.07) is 7.84. The van der Waals surface area contributed by atoms with E-state index in [9.17, 15) is 9.59 Å². The number of carbonyl (C=O) groups excluding carboxylic acids is 2. The molecule has 2 amide bonds. The number of aryl methyl sites for hydroxylation is 2. The molecule has 2 aromatic carbocycles. The van der Waals surface area contributed by atoms with Gasteiger partial charge in [0.05, 0.1) is 11.1 Å². The molecular weight excluding hydrogens is 214 g/mol. The maximum atomic E-state index is 11.8. The topological polar surface area (TPSA) is 46.2 Å². The van der Waals surface area contributed by atoms with Crippen molar-refractivity contribution in [2.24, 2.45) is 0 Å². The Morgan fingerprint density at radius 2 is 1.24 bits per heavy atom. The minimum absolute atomic E-state index is 0.281. The van der Waals surface area contributed by atoms with Gasteiger partial charge in [0, 0.05) is 0 Å². The number of carbonyl (C=O) groups is 2. The summed E-state index contributed by atoms with van der Waals surface area (Å²) in [5.74, 6) is -0.562. The lowest BCUT2D eigenvalue weighted by molar-refractivity contribution is 0.0879. The average Bonchev–Trinajstić information content (AvgIpc) is 2.62. The fourth-order valence-electron chi connectivity index (χ4n) is 2.58. The first-order chi connectivity index (χ1) is 8.11. The molecule has 0 fully saturated rings. The Kier molecular flexibility index (Phi) is 1.87. The number of rotatable bonds is 0. The van der Waals surface area contributed by atoms with Crippen molar-refractivity contribution >= 4 is 22.6 Å². The van der Waals surface area contributed by atoms with Crippen molar-refractivity contribution < 1.29 is 9.59 Å². The van der Waals surface area contributed by atoms with E-state index in [0.29, 0.717) is 11.1 Å². The Bertz CT molecular complexity index is 628. The van der Waals surface area contributed by atoms with Crippen molar-refractivity contribution in [3.05, 3.63) is 46.5 Å². The number of fused-ring (bicyclic) bond motifs is 2. The van der Waals surface area contributed by atoms with Gasteiger partial charge < -0.3 is 0 Å². The van der Waals surface area contributed by atoms with E-state index in [-0.39, 0.29) is 11.8 Å². The number of benzene rings is 2. The molecule has 3 rings (SSSR count). The highest BCUT2D eigenvalue weighted by Gasteiger charge is 2.31. The lowest BCUT2D eigenvalue weighted by Crippen LogP contribution is -2.20. The molecule has 84 valence electrons. The van der Waals surface area contributed by atoms with Gasteiger partial charge in [0.2, 0.25) is 0 Å². The molecule has 1 aliphatic heterocycles. The van der Waals surface area contributed by atoms with Crippen LogP contribution in [0.3, 0.4) is 0 Å². The molecule has 0 atom stereocenters. The van der Waals surface area contributed by atoms with Crippen LogP contribution >= 0.6 is 0 Å². The van der Waals surface area contributed by atoms with E-state index < -0.39 is 0 Å². The molecule has 2 aromatic rings. The Balaban J connectivity index is 2.57. The van der Waals surface area contributed by atoms with E-state index in [0.717, 1.165) is 21.9 Å². The van der Waals surface area contributed by atoms with Crippen molar-refractivity contribution in [1.82, 2.24) is 5.32 Å². The first kappa shape index (κ1) is 10.0. The van der Waals surface area contributed by atoms with E-state index in [1.165, 1.54) is 0 Å². The summed E-state index contributed by atoms with van der Waals surface area (Å²) in [6.45, 7) is 3.78. The van der Waals surface area contributed by atoms with Crippen LogP contribution in [-0.4, -0.2) is 11.8 Å². The van der Waals surface area contributed by atoms with Crippen molar-refractivity contribution in [2.75, 3.05) is 0 Å². The molecular formula is C14H11NO2. The normalized spacial score (nSPS) is 14.0. The Hall–Kier alpha value is -2.16. The van der Waals surface area contributed by atoms with Gasteiger partial charge in [-0.25, -0.2) is 0 Å². The second kappa shape index (κ2) is 3.17. The minimum atomic E-state index is -0.281. The molecule has 17 heavy (non-hydrogen) atoms. The monoisotopic (exact) mass is 225 g/mol. The number of hydrogen-bond acceptors (Lipinski definition) is 2. The third-order valence-corrected chi connectivity index (χ3v) is 3.42. The number of nitrogens with one attached hydrogen (secondary N) is 1.